The van der Waals surface area contributed by atoms with Gasteiger partial charge in [0.15, 0.2) is 11.6 Å². The van der Waals surface area contributed by atoms with Gasteiger partial charge in [-0.15, -0.1) is 6.42 Å². The number of hydrogen-bond acceptors (Lipinski definition) is 3. The molecule has 2 unspecified atom stereocenters. The first-order valence-corrected chi connectivity index (χ1v) is 8.61. The van der Waals surface area contributed by atoms with E-state index in [2.05, 4.69) is 11.2 Å². The van der Waals surface area contributed by atoms with E-state index in [0.29, 0.717) is 0 Å². The topological polar surface area (TPSA) is 58.6 Å². The number of terminal acetylenes is 1. The summed E-state index contributed by atoms with van der Waals surface area (Å²) in [6, 6.07) is 10.8. The van der Waals surface area contributed by atoms with Crippen LogP contribution in [-0.4, -0.2) is 30.0 Å². The van der Waals surface area contributed by atoms with E-state index in [9.17, 15) is 18.4 Å². The number of amides is 2. The molecule has 7 heteroatoms. The van der Waals surface area contributed by atoms with Gasteiger partial charge in [0, 0.05) is 5.92 Å². The van der Waals surface area contributed by atoms with Crippen molar-refractivity contribution in [3.8, 4) is 12.3 Å². The molecule has 0 saturated carbocycles. The van der Waals surface area contributed by atoms with E-state index < -0.39 is 35.3 Å². The normalized spacial score (nSPS) is 18.8. The van der Waals surface area contributed by atoms with Crippen LogP contribution in [0.5, 0.6) is 0 Å². The lowest BCUT2D eigenvalue weighted by Gasteiger charge is -2.17. The minimum absolute atomic E-state index is 0.118. The highest BCUT2D eigenvalue weighted by Gasteiger charge is 2.46. The Balaban J connectivity index is 1.90. The Labute approximate surface area is 161 Å². The van der Waals surface area contributed by atoms with Gasteiger partial charge in [0.25, 0.3) is 5.91 Å². The summed E-state index contributed by atoms with van der Waals surface area (Å²) in [5.41, 5.74) is 1.45. The molecule has 2 amide bonds. The van der Waals surface area contributed by atoms with Gasteiger partial charge in [0.2, 0.25) is 5.91 Å². The van der Waals surface area contributed by atoms with Crippen molar-refractivity contribution in [1.82, 2.24) is 5.06 Å². The monoisotopic (exact) mass is 384 g/mol. The average Bonchev–Trinajstić information content (AvgIpc) is 3.00. The Hall–Kier alpha value is -3.24. The third-order valence-electron chi connectivity index (χ3n) is 4.58. The second-order valence-corrected chi connectivity index (χ2v) is 6.46. The standard InChI is InChI=1S/C21H18F2N2O3/c1-3-11-28-25-12-15(14-9-7-13(2)8-10-14)18(21(25)27)20(26)24-17-6-4-5-16(22)19(17)23/h1,4-10,15,18H,11-12H2,2H3,(H,24,26). The van der Waals surface area contributed by atoms with Crippen molar-refractivity contribution >= 4 is 17.5 Å². The third-order valence-corrected chi connectivity index (χ3v) is 4.58. The number of carbonyl (C=O) groups is 2. The molecular weight excluding hydrogens is 366 g/mol. The molecule has 3 rings (SSSR count). The molecule has 1 fully saturated rings. The second kappa shape index (κ2) is 8.19. The summed E-state index contributed by atoms with van der Waals surface area (Å²) in [7, 11) is 0. The first kappa shape index (κ1) is 19.5. The molecule has 0 bridgehead atoms. The lowest BCUT2D eigenvalue weighted by molar-refractivity contribution is -0.175. The van der Waals surface area contributed by atoms with Crippen molar-refractivity contribution in [2.45, 2.75) is 12.8 Å². The van der Waals surface area contributed by atoms with Gasteiger partial charge in [-0.3, -0.25) is 14.4 Å². The maximum Gasteiger partial charge on any atom is 0.259 e. The molecule has 28 heavy (non-hydrogen) atoms. The maximum absolute atomic E-state index is 13.9. The number of hydrogen-bond donors (Lipinski definition) is 1. The van der Waals surface area contributed by atoms with Crippen molar-refractivity contribution in [2.24, 2.45) is 5.92 Å². The van der Waals surface area contributed by atoms with Crippen LogP contribution in [0.15, 0.2) is 42.5 Å². The molecule has 1 aliphatic heterocycles. The fraction of sp³-hybridized carbons (Fsp3) is 0.238. The van der Waals surface area contributed by atoms with E-state index in [1.165, 1.54) is 12.1 Å². The molecule has 0 aliphatic carbocycles. The number of nitrogens with zero attached hydrogens (tertiary/aromatic N) is 1. The molecule has 5 nitrogen and oxygen atoms in total. The van der Waals surface area contributed by atoms with Crippen LogP contribution in [0.3, 0.4) is 0 Å². The zero-order valence-electron chi connectivity index (χ0n) is 15.1. The highest BCUT2D eigenvalue weighted by atomic mass is 19.2. The van der Waals surface area contributed by atoms with Gasteiger partial charge in [-0.1, -0.05) is 41.8 Å². The number of carbonyl (C=O) groups excluding carboxylic acids is 2. The van der Waals surface area contributed by atoms with Crippen LogP contribution in [0, 0.1) is 36.8 Å². The predicted molar refractivity (Wildman–Crippen MR) is 98.9 cm³/mol. The van der Waals surface area contributed by atoms with Crippen LogP contribution in [0.1, 0.15) is 17.0 Å². The minimum Gasteiger partial charge on any atom is -0.323 e. The summed E-state index contributed by atoms with van der Waals surface area (Å²) in [6.45, 7) is 1.91. The molecule has 0 radical (unpaired) electrons. The molecular formula is C21H18F2N2O3. The molecule has 2 aromatic carbocycles. The van der Waals surface area contributed by atoms with E-state index in [-0.39, 0.29) is 18.8 Å². The van der Waals surface area contributed by atoms with Crippen molar-refractivity contribution in [2.75, 3.05) is 18.5 Å². The number of benzene rings is 2. The lowest BCUT2D eigenvalue weighted by atomic mass is 9.87. The van der Waals surface area contributed by atoms with E-state index >= 15 is 0 Å². The first-order chi connectivity index (χ1) is 13.4. The summed E-state index contributed by atoms with van der Waals surface area (Å²) < 4.78 is 27.3. The fourth-order valence-corrected chi connectivity index (χ4v) is 3.15. The summed E-state index contributed by atoms with van der Waals surface area (Å²) in [4.78, 5) is 30.8. The molecule has 2 aromatic rings. The van der Waals surface area contributed by atoms with Gasteiger partial charge in [0.1, 0.15) is 12.5 Å². The van der Waals surface area contributed by atoms with Gasteiger partial charge in [-0.05, 0) is 24.6 Å². The van der Waals surface area contributed by atoms with E-state index in [1.807, 2.05) is 31.2 Å². The number of rotatable bonds is 5. The smallest absolute Gasteiger partial charge is 0.259 e. The Morgan fingerprint density at radius 1 is 1.29 bits per heavy atom. The SMILES string of the molecule is C#CCON1CC(c2ccc(C)cc2)C(C(=O)Nc2cccc(F)c2F)C1=O. The van der Waals surface area contributed by atoms with Crippen LogP contribution in [0.4, 0.5) is 14.5 Å². The zero-order valence-corrected chi connectivity index (χ0v) is 15.1. The molecule has 1 saturated heterocycles. The Morgan fingerprint density at radius 2 is 2.00 bits per heavy atom. The summed E-state index contributed by atoms with van der Waals surface area (Å²) in [5, 5.41) is 3.37. The van der Waals surface area contributed by atoms with Gasteiger partial charge >= 0.3 is 0 Å². The highest BCUT2D eigenvalue weighted by Crippen LogP contribution is 2.35. The summed E-state index contributed by atoms with van der Waals surface area (Å²) in [6.07, 6.45) is 5.17. The minimum atomic E-state index is -1.19. The number of nitrogens with one attached hydrogen (secondary N) is 1. The number of anilines is 1. The van der Waals surface area contributed by atoms with Gasteiger partial charge in [-0.25, -0.2) is 13.8 Å². The second-order valence-electron chi connectivity index (χ2n) is 6.46. The molecule has 0 spiro atoms. The van der Waals surface area contributed by atoms with Crippen LogP contribution in [0.2, 0.25) is 0 Å². The molecule has 1 heterocycles. The van der Waals surface area contributed by atoms with Crippen molar-refractivity contribution in [1.29, 1.82) is 0 Å². The summed E-state index contributed by atoms with van der Waals surface area (Å²) in [5.74, 6) is -3.03. The first-order valence-electron chi connectivity index (χ1n) is 8.61. The number of hydroxylamine groups is 2. The largest absolute Gasteiger partial charge is 0.323 e. The summed E-state index contributed by atoms with van der Waals surface area (Å²) >= 11 is 0. The van der Waals surface area contributed by atoms with E-state index in [1.54, 1.807) is 0 Å². The van der Waals surface area contributed by atoms with Crippen molar-refractivity contribution < 1.29 is 23.2 Å². The molecule has 0 aromatic heterocycles. The molecule has 1 aliphatic rings. The van der Waals surface area contributed by atoms with Crippen molar-refractivity contribution in [3.05, 3.63) is 65.2 Å². The van der Waals surface area contributed by atoms with Crippen LogP contribution >= 0.6 is 0 Å². The van der Waals surface area contributed by atoms with Crippen LogP contribution in [-0.2, 0) is 14.4 Å². The Morgan fingerprint density at radius 3 is 2.68 bits per heavy atom. The molecule has 144 valence electrons. The molecule has 2 atom stereocenters. The number of halogens is 2. The quantitative estimate of drug-likeness (QED) is 0.637. The molecule has 1 N–H and O–H groups in total. The van der Waals surface area contributed by atoms with Crippen LogP contribution in [0.25, 0.3) is 0 Å². The maximum atomic E-state index is 13.9. The lowest BCUT2D eigenvalue weighted by Crippen LogP contribution is -2.34. The highest BCUT2D eigenvalue weighted by molar-refractivity contribution is 6.08. The number of aryl methyl sites for hydroxylation is 1. The van der Waals surface area contributed by atoms with Crippen LogP contribution < -0.4 is 5.32 Å². The predicted octanol–water partition coefficient (Wildman–Crippen LogP) is 3.02. The third kappa shape index (κ3) is 3.87. The Kier molecular flexibility index (Phi) is 5.71. The van der Waals surface area contributed by atoms with Crippen molar-refractivity contribution in [3.63, 3.8) is 0 Å². The van der Waals surface area contributed by atoms with Gasteiger partial charge < -0.3 is 5.32 Å². The van der Waals surface area contributed by atoms with E-state index in [4.69, 9.17) is 11.3 Å². The van der Waals surface area contributed by atoms with Gasteiger partial charge in [0.05, 0.1) is 12.2 Å². The fourth-order valence-electron chi connectivity index (χ4n) is 3.15. The van der Waals surface area contributed by atoms with E-state index in [0.717, 1.165) is 22.3 Å². The zero-order chi connectivity index (χ0) is 20.3. The van der Waals surface area contributed by atoms with Gasteiger partial charge in [-0.2, -0.15) is 0 Å². The average molecular weight is 384 g/mol. The Bertz CT molecular complexity index is 938.